The number of nitriles is 1. The number of hydrogen-bond acceptors (Lipinski definition) is 4. The second-order valence-electron chi connectivity index (χ2n) is 6.40. The number of nitrogens with zero attached hydrogens (tertiary/aromatic N) is 1. The highest BCUT2D eigenvalue weighted by Crippen LogP contribution is 2.33. The van der Waals surface area contributed by atoms with E-state index in [0.717, 1.165) is 31.4 Å². The number of alkyl halides is 3. The quantitative estimate of drug-likeness (QED) is 0.283. The van der Waals surface area contributed by atoms with E-state index < -0.39 is 18.2 Å². The molecule has 1 aliphatic rings. The number of rotatable bonds is 6. The summed E-state index contributed by atoms with van der Waals surface area (Å²) in [6, 6.07) is 6.10. The first-order valence-corrected chi connectivity index (χ1v) is 8.60. The lowest BCUT2D eigenvalue weighted by Gasteiger charge is -2.26. The molecule has 27 heavy (non-hydrogen) atoms. The average molecular weight is 385 g/mol. The van der Waals surface area contributed by atoms with E-state index in [-0.39, 0.29) is 17.4 Å². The highest BCUT2D eigenvalue weighted by Gasteiger charge is 2.31. The largest absolute Gasteiger partial charge is 0.573 e. The summed E-state index contributed by atoms with van der Waals surface area (Å²) in [5.74, 6) is -1.31. The Morgan fingerprint density at radius 3 is 2.30 bits per heavy atom. The van der Waals surface area contributed by atoms with E-state index >= 15 is 0 Å². The average Bonchev–Trinajstić information content (AvgIpc) is 2.62. The van der Waals surface area contributed by atoms with E-state index in [1.54, 1.807) is 0 Å². The highest BCUT2D eigenvalue weighted by atomic mass is 19.4. The summed E-state index contributed by atoms with van der Waals surface area (Å²) in [5.41, 5.74) is 0. The highest BCUT2D eigenvalue weighted by molar-refractivity contribution is 5.75. The molecule has 0 bridgehead atoms. The van der Waals surface area contributed by atoms with Crippen molar-refractivity contribution in [1.29, 1.82) is 5.26 Å². The van der Waals surface area contributed by atoms with E-state index in [9.17, 15) is 22.4 Å². The first kappa shape index (κ1) is 20.7. The Kier molecular flexibility index (Phi) is 7.22. The minimum Gasteiger partial charge on any atom is -0.426 e. The second kappa shape index (κ2) is 9.40. The summed E-state index contributed by atoms with van der Waals surface area (Å²) in [7, 11) is 0. The maximum atomic E-state index is 12.7. The Labute approximate surface area is 154 Å². The zero-order valence-corrected chi connectivity index (χ0v) is 14.5. The first-order valence-electron chi connectivity index (χ1n) is 8.60. The standard InChI is InChI=1S/C19H19F4NO3/c20-15(12-24)3-1-2-13-4-6-14(7-5-13)18(25)26-16-8-10-17(11-9-16)27-19(21,22)23/h3,8-11,13-14H,1-2,4-7H2/t13-,14-. The van der Waals surface area contributed by atoms with Crippen molar-refractivity contribution in [1.82, 2.24) is 0 Å². The number of allylic oxidation sites excluding steroid dienone is 2. The van der Waals surface area contributed by atoms with Gasteiger partial charge in [0.05, 0.1) is 5.92 Å². The van der Waals surface area contributed by atoms with Crippen molar-refractivity contribution in [2.24, 2.45) is 11.8 Å². The van der Waals surface area contributed by atoms with Gasteiger partial charge >= 0.3 is 12.3 Å². The Bertz CT molecular complexity index is 699. The summed E-state index contributed by atoms with van der Waals surface area (Å²) in [5, 5.41) is 8.35. The first-order chi connectivity index (χ1) is 12.8. The number of hydrogen-bond donors (Lipinski definition) is 0. The van der Waals surface area contributed by atoms with E-state index in [1.807, 2.05) is 0 Å². The molecule has 0 atom stereocenters. The van der Waals surface area contributed by atoms with Crippen molar-refractivity contribution in [3.8, 4) is 17.6 Å². The normalized spacial score (nSPS) is 20.6. The van der Waals surface area contributed by atoms with Gasteiger partial charge < -0.3 is 9.47 Å². The molecule has 1 fully saturated rings. The number of benzene rings is 1. The molecule has 0 amide bonds. The van der Waals surface area contributed by atoms with E-state index in [2.05, 4.69) is 4.74 Å². The number of carbonyl (C=O) groups excluding carboxylic acids is 1. The molecule has 0 saturated heterocycles. The Morgan fingerprint density at radius 2 is 1.74 bits per heavy atom. The molecule has 0 heterocycles. The molecule has 0 aromatic heterocycles. The molecular formula is C19H19F4NO3. The molecule has 0 unspecified atom stereocenters. The molecule has 1 aromatic rings. The lowest BCUT2D eigenvalue weighted by Crippen LogP contribution is -2.25. The van der Waals surface area contributed by atoms with E-state index in [1.165, 1.54) is 24.3 Å². The van der Waals surface area contributed by atoms with Crippen LogP contribution < -0.4 is 9.47 Å². The third kappa shape index (κ3) is 7.29. The van der Waals surface area contributed by atoms with Crippen LogP contribution in [0.2, 0.25) is 0 Å². The lowest BCUT2D eigenvalue weighted by molar-refractivity contribution is -0.274. The maximum absolute atomic E-state index is 12.7. The van der Waals surface area contributed by atoms with Crippen molar-refractivity contribution in [2.75, 3.05) is 0 Å². The molecule has 0 spiro atoms. The van der Waals surface area contributed by atoms with Crippen molar-refractivity contribution < 1.29 is 31.8 Å². The van der Waals surface area contributed by atoms with Crippen LogP contribution in [0.3, 0.4) is 0 Å². The molecule has 8 heteroatoms. The van der Waals surface area contributed by atoms with Crippen molar-refractivity contribution in [2.45, 2.75) is 44.9 Å². The molecule has 0 aliphatic heterocycles. The fourth-order valence-corrected chi connectivity index (χ4v) is 3.09. The van der Waals surface area contributed by atoms with Crippen LogP contribution in [-0.2, 0) is 4.79 Å². The van der Waals surface area contributed by atoms with Crippen LogP contribution in [0.1, 0.15) is 38.5 Å². The fourth-order valence-electron chi connectivity index (χ4n) is 3.09. The third-order valence-electron chi connectivity index (χ3n) is 4.46. The van der Waals surface area contributed by atoms with Crippen LogP contribution in [0.15, 0.2) is 36.2 Å². The summed E-state index contributed by atoms with van der Waals surface area (Å²) in [6.07, 6.45) is 0.648. The van der Waals surface area contributed by atoms with Crippen LogP contribution in [-0.4, -0.2) is 12.3 Å². The van der Waals surface area contributed by atoms with Crippen molar-refractivity contribution >= 4 is 5.97 Å². The number of carbonyl (C=O) groups is 1. The van der Waals surface area contributed by atoms with Gasteiger partial charge in [0.15, 0.2) is 5.83 Å². The van der Waals surface area contributed by atoms with E-state index in [4.69, 9.17) is 10.00 Å². The van der Waals surface area contributed by atoms with Gasteiger partial charge in [-0.2, -0.15) is 9.65 Å². The van der Waals surface area contributed by atoms with Gasteiger partial charge in [0, 0.05) is 0 Å². The zero-order valence-electron chi connectivity index (χ0n) is 14.5. The van der Waals surface area contributed by atoms with Crippen LogP contribution in [0.25, 0.3) is 0 Å². The minimum atomic E-state index is -4.77. The lowest BCUT2D eigenvalue weighted by atomic mass is 9.80. The molecule has 1 aromatic carbocycles. The predicted octanol–water partition coefficient (Wildman–Crippen LogP) is 5.45. The molecule has 1 aliphatic carbocycles. The topological polar surface area (TPSA) is 59.3 Å². The van der Waals surface area contributed by atoms with Gasteiger partial charge in [-0.25, -0.2) is 0 Å². The van der Waals surface area contributed by atoms with Crippen LogP contribution >= 0.6 is 0 Å². The van der Waals surface area contributed by atoms with Gasteiger partial charge in [0.1, 0.15) is 17.6 Å². The fraction of sp³-hybridized carbons (Fsp3) is 0.474. The van der Waals surface area contributed by atoms with Gasteiger partial charge in [-0.05, 0) is 74.8 Å². The van der Waals surface area contributed by atoms with Crippen molar-refractivity contribution in [3.05, 3.63) is 36.2 Å². The zero-order chi connectivity index (χ0) is 19.9. The SMILES string of the molecule is N#CC(F)=CCC[C@H]1CC[C@H](C(=O)Oc2ccc(OC(F)(F)F)cc2)CC1. The Morgan fingerprint density at radius 1 is 1.15 bits per heavy atom. The van der Waals surface area contributed by atoms with Crippen LogP contribution in [0.5, 0.6) is 11.5 Å². The minimum absolute atomic E-state index is 0.161. The number of halogens is 4. The number of esters is 1. The Balaban J connectivity index is 1.77. The van der Waals surface area contributed by atoms with Gasteiger partial charge in [0.25, 0.3) is 0 Å². The van der Waals surface area contributed by atoms with Gasteiger partial charge in [-0.15, -0.1) is 13.2 Å². The molecule has 1 saturated carbocycles. The summed E-state index contributed by atoms with van der Waals surface area (Å²) >= 11 is 0. The molecule has 146 valence electrons. The molecule has 0 N–H and O–H groups in total. The van der Waals surface area contributed by atoms with Crippen LogP contribution in [0, 0.1) is 23.2 Å². The Hall–Kier alpha value is -2.56. The van der Waals surface area contributed by atoms with E-state index in [0.29, 0.717) is 25.2 Å². The third-order valence-corrected chi connectivity index (χ3v) is 4.46. The van der Waals surface area contributed by atoms with Gasteiger partial charge in [-0.3, -0.25) is 4.79 Å². The molecule has 4 nitrogen and oxygen atoms in total. The maximum Gasteiger partial charge on any atom is 0.573 e. The smallest absolute Gasteiger partial charge is 0.426 e. The second-order valence-corrected chi connectivity index (χ2v) is 6.40. The van der Waals surface area contributed by atoms with Crippen LogP contribution in [0.4, 0.5) is 17.6 Å². The monoisotopic (exact) mass is 385 g/mol. The number of ether oxygens (including phenoxy) is 2. The summed E-state index contributed by atoms with van der Waals surface area (Å²) in [4.78, 5) is 12.2. The van der Waals surface area contributed by atoms with Crippen molar-refractivity contribution in [3.63, 3.8) is 0 Å². The summed E-state index contributed by atoms with van der Waals surface area (Å²) < 4.78 is 58.1. The van der Waals surface area contributed by atoms with Gasteiger partial charge in [-0.1, -0.05) is 0 Å². The molecular weight excluding hydrogens is 366 g/mol. The summed E-state index contributed by atoms with van der Waals surface area (Å²) in [6.45, 7) is 0. The molecule has 0 radical (unpaired) electrons. The molecule has 2 rings (SSSR count). The van der Waals surface area contributed by atoms with Gasteiger partial charge in [0.2, 0.25) is 0 Å². The predicted molar refractivity (Wildman–Crippen MR) is 88.2 cm³/mol.